The molecule has 0 radical (unpaired) electrons. The van der Waals surface area contributed by atoms with Gasteiger partial charge in [-0.1, -0.05) is 83.1 Å². The lowest BCUT2D eigenvalue weighted by molar-refractivity contribution is -0.666. The highest BCUT2D eigenvalue weighted by atomic mass is 16.3. The van der Waals surface area contributed by atoms with E-state index in [1.54, 1.807) is 0 Å². The lowest BCUT2D eigenvalue weighted by atomic mass is 9.87. The summed E-state index contributed by atoms with van der Waals surface area (Å²) in [6.45, 7) is 23.5. The van der Waals surface area contributed by atoms with Crippen molar-refractivity contribution in [3.63, 3.8) is 0 Å². The highest BCUT2D eigenvalue weighted by Gasteiger charge is 2.25. The summed E-state index contributed by atoms with van der Waals surface area (Å²) in [5.74, 6) is 0.454. The molecular weight excluding hydrogens is 464 g/mol. The van der Waals surface area contributed by atoms with Gasteiger partial charge in [-0.15, -0.1) is 0 Å². The van der Waals surface area contributed by atoms with Crippen LogP contribution in [0.15, 0.2) is 65.1 Å². The highest BCUT2D eigenvalue weighted by Crippen LogP contribution is 2.44. The van der Waals surface area contributed by atoms with Crippen LogP contribution in [0, 0.1) is 25.8 Å². The number of pyridine rings is 1. The van der Waals surface area contributed by atoms with Gasteiger partial charge in [0.2, 0.25) is 5.69 Å². The molecular formula is C35H37N2O+. The Hall–Kier alpha value is -3.90. The third kappa shape index (κ3) is 4.50. The van der Waals surface area contributed by atoms with Gasteiger partial charge in [-0.2, -0.15) is 4.57 Å². The summed E-state index contributed by atoms with van der Waals surface area (Å²) in [5, 5.41) is 2.12. The fourth-order valence-electron chi connectivity index (χ4n) is 5.54. The summed E-state index contributed by atoms with van der Waals surface area (Å²) >= 11 is 0. The van der Waals surface area contributed by atoms with E-state index in [2.05, 4.69) is 113 Å². The van der Waals surface area contributed by atoms with E-state index in [9.17, 15) is 0 Å². The molecule has 0 fully saturated rings. The number of aryl methyl sites for hydroxylation is 2. The third-order valence-corrected chi connectivity index (χ3v) is 7.58. The second-order valence-electron chi connectivity index (χ2n) is 12.1. The Bertz CT molecular complexity index is 1720. The minimum Gasteiger partial charge on any atom is -0.456 e. The summed E-state index contributed by atoms with van der Waals surface area (Å²) in [4.78, 5) is 3.88. The van der Waals surface area contributed by atoms with Gasteiger partial charge >= 0.3 is 0 Å². The van der Waals surface area contributed by atoms with Crippen molar-refractivity contribution in [2.24, 2.45) is 12.5 Å². The van der Waals surface area contributed by atoms with Crippen molar-refractivity contribution in [1.29, 1.82) is 0 Å². The fourth-order valence-corrected chi connectivity index (χ4v) is 5.54. The van der Waals surface area contributed by atoms with Gasteiger partial charge < -0.3 is 4.42 Å². The Morgan fingerprint density at radius 2 is 1.50 bits per heavy atom. The number of hydrogen-bond donors (Lipinski definition) is 0. The zero-order valence-electron chi connectivity index (χ0n) is 23.9. The fraction of sp³-hybridized carbons (Fsp3) is 0.314. The number of fused-ring (bicyclic) bond motifs is 3. The molecule has 3 nitrogen and oxygen atoms in total. The molecule has 0 N–H and O–H groups in total. The first-order valence-electron chi connectivity index (χ1n) is 13.4. The van der Waals surface area contributed by atoms with Gasteiger partial charge in [0, 0.05) is 35.4 Å². The van der Waals surface area contributed by atoms with Crippen molar-refractivity contribution in [3.8, 4) is 22.4 Å². The number of hydrogen-bond acceptors (Lipinski definition) is 1. The predicted molar refractivity (Wildman–Crippen MR) is 159 cm³/mol. The summed E-state index contributed by atoms with van der Waals surface area (Å²) < 4.78 is 9.06. The van der Waals surface area contributed by atoms with Crippen molar-refractivity contribution < 1.29 is 8.98 Å². The highest BCUT2D eigenvalue weighted by molar-refractivity contribution is 6.15. The maximum Gasteiger partial charge on any atom is 0.216 e. The first kappa shape index (κ1) is 25.7. The Morgan fingerprint density at radius 3 is 2.11 bits per heavy atom. The van der Waals surface area contributed by atoms with Crippen LogP contribution in [0.3, 0.4) is 0 Å². The van der Waals surface area contributed by atoms with Crippen molar-refractivity contribution in [1.82, 2.24) is 0 Å². The van der Waals surface area contributed by atoms with E-state index >= 15 is 0 Å². The minimum atomic E-state index is 0.195. The van der Waals surface area contributed by atoms with Gasteiger partial charge in [0.05, 0.1) is 12.1 Å². The third-order valence-electron chi connectivity index (χ3n) is 7.58. The van der Waals surface area contributed by atoms with E-state index in [0.29, 0.717) is 11.6 Å². The van der Waals surface area contributed by atoms with Crippen molar-refractivity contribution in [3.05, 3.63) is 94.5 Å². The quantitative estimate of drug-likeness (QED) is 0.177. The van der Waals surface area contributed by atoms with Crippen molar-refractivity contribution >= 4 is 27.6 Å². The SMILES string of the molecule is [C-]#[N+]c1ccc2c(oc3c(-c4cc(CC(C)(C)C)cc(C)[n+]4C)c(C)ccc32)c1-c1ccc(C(C)C)cc1. The molecule has 0 spiro atoms. The zero-order valence-corrected chi connectivity index (χ0v) is 23.9. The van der Waals surface area contributed by atoms with Gasteiger partial charge in [0.15, 0.2) is 11.4 Å². The van der Waals surface area contributed by atoms with Crippen LogP contribution in [-0.2, 0) is 13.5 Å². The molecule has 3 aromatic carbocycles. The van der Waals surface area contributed by atoms with Gasteiger partial charge in [-0.05, 0) is 46.9 Å². The second kappa shape index (κ2) is 9.44. The maximum absolute atomic E-state index is 7.89. The number of rotatable bonds is 4. The molecule has 5 rings (SSSR count). The smallest absolute Gasteiger partial charge is 0.216 e. The second-order valence-corrected chi connectivity index (χ2v) is 12.1. The average molecular weight is 502 g/mol. The van der Waals surface area contributed by atoms with E-state index in [-0.39, 0.29) is 5.41 Å². The summed E-state index contributed by atoms with van der Waals surface area (Å²) in [6.07, 6.45) is 1.00. The molecule has 0 aliphatic rings. The zero-order chi connectivity index (χ0) is 27.4. The molecule has 0 atom stereocenters. The van der Waals surface area contributed by atoms with E-state index in [4.69, 9.17) is 11.0 Å². The van der Waals surface area contributed by atoms with Gasteiger partial charge in [-0.3, -0.25) is 0 Å². The molecule has 38 heavy (non-hydrogen) atoms. The summed E-state index contributed by atoms with van der Waals surface area (Å²) in [5.41, 5.74) is 11.6. The molecule has 0 amide bonds. The summed E-state index contributed by atoms with van der Waals surface area (Å²) in [7, 11) is 2.13. The Balaban J connectivity index is 1.81. The number of nitrogens with zero attached hydrogens (tertiary/aromatic N) is 2. The lowest BCUT2D eigenvalue weighted by Crippen LogP contribution is -2.35. The molecule has 0 saturated carbocycles. The van der Waals surface area contributed by atoms with Gasteiger partial charge in [0.25, 0.3) is 0 Å². The Kier molecular flexibility index (Phi) is 6.40. The van der Waals surface area contributed by atoms with E-state index in [1.807, 2.05) is 12.1 Å². The minimum absolute atomic E-state index is 0.195. The molecule has 5 aromatic rings. The first-order chi connectivity index (χ1) is 18.0. The monoisotopic (exact) mass is 501 g/mol. The van der Waals surface area contributed by atoms with E-state index < -0.39 is 0 Å². The van der Waals surface area contributed by atoms with Crippen LogP contribution in [0.2, 0.25) is 0 Å². The largest absolute Gasteiger partial charge is 0.456 e. The van der Waals surface area contributed by atoms with Crippen LogP contribution in [0.4, 0.5) is 5.69 Å². The molecule has 0 saturated heterocycles. The van der Waals surface area contributed by atoms with E-state index in [1.165, 1.54) is 22.4 Å². The average Bonchev–Trinajstić information content (AvgIpc) is 3.23. The Labute approximate surface area is 226 Å². The molecule has 0 bridgehead atoms. The van der Waals surface area contributed by atoms with Gasteiger partial charge in [0.1, 0.15) is 18.2 Å². The van der Waals surface area contributed by atoms with Crippen LogP contribution in [0.1, 0.15) is 62.9 Å². The molecule has 2 aromatic heterocycles. The standard InChI is InChI=1S/C35H37N2O/c1-21(2)25-11-13-26(14-12-25)32-29(36-8)17-16-28-27-15-10-22(3)31(33(27)38-34(28)32)30-19-24(20-35(5,6)7)18-23(4)37(30)9/h10-19,21H,20H2,1-7,9H3/q+1. The van der Waals surface area contributed by atoms with Crippen LogP contribution < -0.4 is 4.57 Å². The number of furan rings is 1. The van der Waals surface area contributed by atoms with E-state index in [0.717, 1.165) is 50.7 Å². The molecule has 0 aliphatic heterocycles. The molecule has 2 heterocycles. The van der Waals surface area contributed by atoms with Crippen LogP contribution >= 0.6 is 0 Å². The molecule has 3 heteroatoms. The normalized spacial score (nSPS) is 12.0. The predicted octanol–water partition coefficient (Wildman–Crippen LogP) is 9.62. The maximum atomic E-state index is 7.89. The molecule has 192 valence electrons. The number of aromatic nitrogens is 1. The van der Waals surface area contributed by atoms with Crippen LogP contribution in [0.25, 0.3) is 49.2 Å². The van der Waals surface area contributed by atoms with Crippen LogP contribution in [0.5, 0.6) is 0 Å². The molecule has 0 aliphatic carbocycles. The topological polar surface area (TPSA) is 21.4 Å². The first-order valence-corrected chi connectivity index (χ1v) is 13.4. The summed E-state index contributed by atoms with van der Waals surface area (Å²) in [6, 6.07) is 21.5. The van der Waals surface area contributed by atoms with Crippen molar-refractivity contribution in [2.45, 2.75) is 60.8 Å². The van der Waals surface area contributed by atoms with Crippen molar-refractivity contribution in [2.75, 3.05) is 0 Å². The lowest BCUT2D eigenvalue weighted by Gasteiger charge is -2.18. The van der Waals surface area contributed by atoms with Crippen LogP contribution in [-0.4, -0.2) is 0 Å². The molecule has 0 unspecified atom stereocenters. The number of benzene rings is 3. The Morgan fingerprint density at radius 1 is 0.868 bits per heavy atom. The van der Waals surface area contributed by atoms with Gasteiger partial charge in [-0.25, -0.2) is 4.85 Å².